The molecular weight excluding hydrogens is 266 g/mol. The molecule has 0 amide bonds. The Morgan fingerprint density at radius 3 is 2.53 bits per heavy atom. The highest BCUT2D eigenvalue weighted by molar-refractivity contribution is 7.80. The van der Waals surface area contributed by atoms with E-state index < -0.39 is 11.6 Å². The van der Waals surface area contributed by atoms with E-state index in [1.165, 1.54) is 12.1 Å². The van der Waals surface area contributed by atoms with Crippen molar-refractivity contribution in [1.29, 1.82) is 0 Å². The molecule has 0 heterocycles. The number of thiocarbonyl (C=S) groups is 1. The second-order valence-corrected chi connectivity index (χ2v) is 4.53. The summed E-state index contributed by atoms with van der Waals surface area (Å²) in [5.41, 5.74) is 6.74. The van der Waals surface area contributed by atoms with Crippen molar-refractivity contribution in [2.75, 3.05) is 5.32 Å². The fraction of sp³-hybridized carbons (Fsp3) is 0.0714. The summed E-state index contributed by atoms with van der Waals surface area (Å²) in [4.78, 5) is 0.163. The van der Waals surface area contributed by atoms with Crippen LogP contribution >= 0.6 is 12.2 Å². The molecule has 98 valence electrons. The van der Waals surface area contributed by atoms with Crippen molar-refractivity contribution in [3.63, 3.8) is 0 Å². The summed E-state index contributed by atoms with van der Waals surface area (Å²) in [7, 11) is 0. The minimum Gasteiger partial charge on any atom is -0.389 e. The van der Waals surface area contributed by atoms with Crippen molar-refractivity contribution in [3.8, 4) is 0 Å². The van der Waals surface area contributed by atoms with Gasteiger partial charge in [-0.05, 0) is 30.7 Å². The molecular formula is C14H12F2N2S. The van der Waals surface area contributed by atoms with Gasteiger partial charge >= 0.3 is 0 Å². The number of halogens is 2. The average Bonchev–Trinajstić information content (AvgIpc) is 2.39. The zero-order chi connectivity index (χ0) is 14.0. The molecule has 2 nitrogen and oxygen atoms in total. The van der Waals surface area contributed by atoms with Gasteiger partial charge in [-0.15, -0.1) is 0 Å². The van der Waals surface area contributed by atoms with Gasteiger partial charge in [0.2, 0.25) is 0 Å². The van der Waals surface area contributed by atoms with Gasteiger partial charge in [-0.25, -0.2) is 8.78 Å². The standard InChI is InChI=1S/C14H12F2N2S/c1-8-6-7-10(15)13(12(8)16)18-11-5-3-2-4-9(11)14(17)19/h2-7,18H,1H3,(H2,17,19). The Labute approximate surface area is 115 Å². The van der Waals surface area contributed by atoms with E-state index in [2.05, 4.69) is 5.32 Å². The molecule has 0 fully saturated rings. The third kappa shape index (κ3) is 2.71. The van der Waals surface area contributed by atoms with Crippen LogP contribution in [0.4, 0.5) is 20.2 Å². The Balaban J connectivity index is 2.48. The van der Waals surface area contributed by atoms with Crippen LogP contribution in [0, 0.1) is 18.6 Å². The van der Waals surface area contributed by atoms with Crippen LogP contribution < -0.4 is 11.1 Å². The predicted molar refractivity (Wildman–Crippen MR) is 76.7 cm³/mol. The molecule has 0 saturated carbocycles. The van der Waals surface area contributed by atoms with E-state index in [4.69, 9.17) is 18.0 Å². The first-order chi connectivity index (χ1) is 9.00. The zero-order valence-corrected chi connectivity index (χ0v) is 11.0. The molecule has 0 unspecified atom stereocenters. The lowest BCUT2D eigenvalue weighted by molar-refractivity contribution is 0.585. The van der Waals surface area contributed by atoms with E-state index in [9.17, 15) is 8.78 Å². The molecule has 0 aliphatic rings. The fourth-order valence-electron chi connectivity index (χ4n) is 1.71. The highest BCUT2D eigenvalue weighted by Crippen LogP contribution is 2.27. The maximum atomic E-state index is 13.9. The van der Waals surface area contributed by atoms with Crippen LogP contribution in [0.15, 0.2) is 36.4 Å². The van der Waals surface area contributed by atoms with Gasteiger partial charge < -0.3 is 11.1 Å². The number of hydrogen-bond donors (Lipinski definition) is 2. The van der Waals surface area contributed by atoms with Crippen molar-refractivity contribution in [2.45, 2.75) is 6.92 Å². The van der Waals surface area contributed by atoms with Crippen molar-refractivity contribution < 1.29 is 8.78 Å². The summed E-state index contributed by atoms with van der Waals surface area (Å²) in [6.45, 7) is 1.57. The van der Waals surface area contributed by atoms with E-state index in [1.807, 2.05) is 0 Å². The molecule has 2 aromatic rings. The van der Waals surface area contributed by atoms with Gasteiger partial charge in [0.25, 0.3) is 0 Å². The highest BCUT2D eigenvalue weighted by Gasteiger charge is 2.13. The van der Waals surface area contributed by atoms with E-state index in [0.29, 0.717) is 16.8 Å². The first-order valence-corrected chi connectivity index (χ1v) is 6.02. The Morgan fingerprint density at radius 2 is 1.84 bits per heavy atom. The van der Waals surface area contributed by atoms with Crippen LogP contribution in [-0.2, 0) is 0 Å². The molecule has 0 bridgehead atoms. The molecule has 0 aliphatic heterocycles. The number of rotatable bonds is 3. The van der Waals surface area contributed by atoms with E-state index in [-0.39, 0.29) is 10.7 Å². The molecule has 2 aromatic carbocycles. The van der Waals surface area contributed by atoms with Crippen LogP contribution in [-0.4, -0.2) is 4.99 Å². The monoisotopic (exact) mass is 278 g/mol. The molecule has 0 saturated heterocycles. The molecule has 19 heavy (non-hydrogen) atoms. The Hall–Kier alpha value is -2.01. The van der Waals surface area contributed by atoms with E-state index in [1.54, 1.807) is 31.2 Å². The molecule has 0 atom stereocenters. The first kappa shape index (κ1) is 13.4. The lowest BCUT2D eigenvalue weighted by Gasteiger charge is -2.13. The average molecular weight is 278 g/mol. The lowest BCUT2D eigenvalue weighted by atomic mass is 10.1. The van der Waals surface area contributed by atoms with Crippen molar-refractivity contribution in [3.05, 3.63) is 59.2 Å². The van der Waals surface area contributed by atoms with Crippen molar-refractivity contribution in [2.24, 2.45) is 5.73 Å². The highest BCUT2D eigenvalue weighted by atomic mass is 32.1. The smallest absolute Gasteiger partial charge is 0.152 e. The van der Waals surface area contributed by atoms with Crippen LogP contribution in [0.5, 0.6) is 0 Å². The fourth-order valence-corrected chi connectivity index (χ4v) is 1.89. The second kappa shape index (κ2) is 5.32. The van der Waals surface area contributed by atoms with Gasteiger partial charge in [0.05, 0.1) is 0 Å². The third-order valence-corrected chi connectivity index (χ3v) is 2.96. The molecule has 5 heteroatoms. The SMILES string of the molecule is Cc1ccc(F)c(Nc2ccccc2C(N)=S)c1F. The van der Waals surface area contributed by atoms with Crippen LogP contribution in [0.25, 0.3) is 0 Å². The Kier molecular flexibility index (Phi) is 3.76. The Morgan fingerprint density at radius 1 is 1.16 bits per heavy atom. The van der Waals surface area contributed by atoms with Gasteiger partial charge in [-0.1, -0.05) is 30.4 Å². The van der Waals surface area contributed by atoms with E-state index in [0.717, 1.165) is 0 Å². The molecule has 0 spiro atoms. The van der Waals surface area contributed by atoms with Crippen molar-refractivity contribution in [1.82, 2.24) is 0 Å². The van der Waals surface area contributed by atoms with Gasteiger partial charge in [-0.2, -0.15) is 0 Å². The summed E-state index contributed by atoms with van der Waals surface area (Å²) < 4.78 is 27.6. The number of aryl methyl sites for hydroxylation is 1. The first-order valence-electron chi connectivity index (χ1n) is 5.61. The van der Waals surface area contributed by atoms with Crippen molar-refractivity contribution >= 4 is 28.6 Å². The number of benzene rings is 2. The predicted octanol–water partition coefficient (Wildman–Crippen LogP) is 3.65. The van der Waals surface area contributed by atoms with Crippen LogP contribution in [0.1, 0.15) is 11.1 Å². The number of nitrogens with two attached hydrogens (primary N) is 1. The van der Waals surface area contributed by atoms with Crippen LogP contribution in [0.3, 0.4) is 0 Å². The minimum atomic E-state index is -0.666. The molecule has 0 aromatic heterocycles. The maximum Gasteiger partial charge on any atom is 0.152 e. The quantitative estimate of drug-likeness (QED) is 0.842. The molecule has 0 aliphatic carbocycles. The lowest BCUT2D eigenvalue weighted by Crippen LogP contribution is -2.12. The van der Waals surface area contributed by atoms with Gasteiger partial charge in [-0.3, -0.25) is 0 Å². The summed E-state index contributed by atoms with van der Waals surface area (Å²) in [5, 5.41) is 2.71. The number of para-hydroxylation sites is 1. The molecule has 0 radical (unpaired) electrons. The zero-order valence-electron chi connectivity index (χ0n) is 10.2. The second-order valence-electron chi connectivity index (χ2n) is 4.09. The number of hydrogen-bond acceptors (Lipinski definition) is 2. The summed E-state index contributed by atoms with van der Waals surface area (Å²) >= 11 is 4.91. The largest absolute Gasteiger partial charge is 0.389 e. The molecule has 2 rings (SSSR count). The molecule has 3 N–H and O–H groups in total. The number of anilines is 2. The van der Waals surface area contributed by atoms with Gasteiger partial charge in [0, 0.05) is 11.3 Å². The maximum absolute atomic E-state index is 13.9. The van der Waals surface area contributed by atoms with Gasteiger partial charge in [0.15, 0.2) is 5.82 Å². The summed E-state index contributed by atoms with van der Waals surface area (Å²) in [6.07, 6.45) is 0. The van der Waals surface area contributed by atoms with Gasteiger partial charge in [0.1, 0.15) is 16.5 Å². The summed E-state index contributed by atoms with van der Waals surface area (Å²) in [5.74, 6) is -1.29. The topological polar surface area (TPSA) is 38.0 Å². The normalized spacial score (nSPS) is 10.3. The van der Waals surface area contributed by atoms with E-state index >= 15 is 0 Å². The Bertz CT molecular complexity index is 641. The third-order valence-electron chi connectivity index (χ3n) is 2.74. The van der Waals surface area contributed by atoms with Crippen LogP contribution in [0.2, 0.25) is 0 Å². The minimum absolute atomic E-state index is 0.163. The summed E-state index contributed by atoms with van der Waals surface area (Å²) in [6, 6.07) is 9.43. The number of nitrogens with one attached hydrogen (secondary N) is 1.